The third-order valence-corrected chi connectivity index (χ3v) is 4.92. The first-order valence-corrected chi connectivity index (χ1v) is 9.95. The quantitative estimate of drug-likeness (QED) is 0.606. The van der Waals surface area contributed by atoms with Gasteiger partial charge in [0.15, 0.2) is 0 Å². The number of rotatable bonds is 7. The summed E-state index contributed by atoms with van der Waals surface area (Å²) in [5.41, 5.74) is 1.06. The second kappa shape index (κ2) is 8.82. The molecule has 0 radical (unpaired) electrons. The van der Waals surface area contributed by atoms with Crippen LogP contribution in [0, 0.1) is 5.92 Å². The van der Waals surface area contributed by atoms with Gasteiger partial charge < -0.3 is 14.8 Å². The number of carbonyl (C=O) groups excluding carboxylic acids is 1. The van der Waals surface area contributed by atoms with Gasteiger partial charge in [0.25, 0.3) is 0 Å². The summed E-state index contributed by atoms with van der Waals surface area (Å²) < 4.78 is 11.0. The highest BCUT2D eigenvalue weighted by Crippen LogP contribution is 2.26. The third-order valence-electron chi connectivity index (χ3n) is 4.92. The Bertz CT molecular complexity index is 993. The second-order valence-electron chi connectivity index (χ2n) is 7.41. The maximum Gasteiger partial charge on any atom is 0.415 e. The van der Waals surface area contributed by atoms with E-state index < -0.39 is 0 Å². The van der Waals surface area contributed by atoms with Crippen molar-refractivity contribution in [2.45, 2.75) is 26.4 Å². The first-order chi connectivity index (χ1) is 14.6. The minimum atomic E-state index is -0.368. The number of hydrogen-bond donors (Lipinski definition) is 1. The number of hydrogen-bond acceptors (Lipinski definition) is 6. The van der Waals surface area contributed by atoms with Crippen molar-refractivity contribution < 1.29 is 14.3 Å². The van der Waals surface area contributed by atoms with Crippen molar-refractivity contribution in [2.24, 2.45) is 5.92 Å². The number of ether oxygens (including phenoxy) is 2. The number of nitrogens with one attached hydrogen (secondary N) is 1. The van der Waals surface area contributed by atoms with Gasteiger partial charge in [0.1, 0.15) is 23.9 Å². The largest absolute Gasteiger partial charge is 0.457 e. The van der Waals surface area contributed by atoms with Crippen molar-refractivity contribution in [3.05, 3.63) is 72.4 Å². The van der Waals surface area contributed by atoms with Gasteiger partial charge in [-0.05, 0) is 41.8 Å². The highest BCUT2D eigenvalue weighted by Gasteiger charge is 2.37. The van der Waals surface area contributed by atoms with Crippen LogP contribution in [0.15, 0.2) is 66.9 Å². The maximum absolute atomic E-state index is 12.2. The smallest absolute Gasteiger partial charge is 0.415 e. The molecule has 0 bridgehead atoms. The molecule has 1 saturated heterocycles. The highest BCUT2D eigenvalue weighted by atomic mass is 16.6. The Balaban J connectivity index is 1.39. The molecule has 1 fully saturated rings. The van der Waals surface area contributed by atoms with Crippen LogP contribution in [0.2, 0.25) is 0 Å². The molecule has 154 valence electrons. The molecule has 7 heteroatoms. The minimum absolute atomic E-state index is 0.0302. The van der Waals surface area contributed by atoms with Gasteiger partial charge in [-0.15, -0.1) is 0 Å². The average molecular weight is 404 g/mol. The summed E-state index contributed by atoms with van der Waals surface area (Å²) >= 11 is 0. The minimum Gasteiger partial charge on any atom is -0.457 e. The Morgan fingerprint density at radius 2 is 1.83 bits per heavy atom. The lowest BCUT2D eigenvalue weighted by Crippen LogP contribution is -2.37. The number of cyclic esters (lactones) is 1. The number of aromatic nitrogens is 2. The number of anilines is 2. The highest BCUT2D eigenvalue weighted by molar-refractivity contribution is 5.89. The molecule has 4 rings (SSSR count). The number of benzene rings is 2. The molecule has 1 aromatic heterocycles. The molecule has 0 aliphatic carbocycles. The Morgan fingerprint density at radius 3 is 2.57 bits per heavy atom. The van der Waals surface area contributed by atoms with E-state index in [4.69, 9.17) is 9.47 Å². The van der Waals surface area contributed by atoms with Crippen molar-refractivity contribution in [3.8, 4) is 11.5 Å². The van der Waals surface area contributed by atoms with Gasteiger partial charge >= 0.3 is 6.09 Å². The van der Waals surface area contributed by atoms with E-state index >= 15 is 0 Å². The van der Waals surface area contributed by atoms with E-state index in [0.29, 0.717) is 24.9 Å². The van der Waals surface area contributed by atoms with Crippen molar-refractivity contribution in [1.82, 2.24) is 9.97 Å². The summed E-state index contributed by atoms with van der Waals surface area (Å²) in [6.45, 7) is 5.05. The van der Waals surface area contributed by atoms with Crippen LogP contribution in [-0.2, 0) is 11.3 Å². The van der Waals surface area contributed by atoms with Gasteiger partial charge in [-0.1, -0.05) is 44.2 Å². The van der Waals surface area contributed by atoms with Crippen molar-refractivity contribution in [2.75, 3.05) is 16.8 Å². The van der Waals surface area contributed by atoms with Crippen LogP contribution in [-0.4, -0.2) is 28.7 Å². The van der Waals surface area contributed by atoms with Gasteiger partial charge in [0.05, 0.1) is 6.04 Å². The lowest BCUT2D eigenvalue weighted by atomic mass is 10.0. The van der Waals surface area contributed by atoms with Gasteiger partial charge in [0, 0.05) is 12.7 Å². The van der Waals surface area contributed by atoms with Crippen LogP contribution >= 0.6 is 0 Å². The lowest BCUT2D eigenvalue weighted by Gasteiger charge is -2.23. The molecule has 0 spiro atoms. The first-order valence-electron chi connectivity index (χ1n) is 9.95. The lowest BCUT2D eigenvalue weighted by molar-refractivity contribution is 0.177. The summed E-state index contributed by atoms with van der Waals surface area (Å²) in [4.78, 5) is 22.5. The predicted molar refractivity (Wildman–Crippen MR) is 115 cm³/mol. The summed E-state index contributed by atoms with van der Waals surface area (Å²) in [5, 5.41) is 3.21. The third kappa shape index (κ3) is 4.51. The van der Waals surface area contributed by atoms with Crippen LogP contribution in [0.25, 0.3) is 0 Å². The van der Waals surface area contributed by atoms with Crippen LogP contribution in [0.5, 0.6) is 11.5 Å². The topological polar surface area (TPSA) is 76.6 Å². The van der Waals surface area contributed by atoms with Crippen LogP contribution in [0.1, 0.15) is 19.4 Å². The maximum atomic E-state index is 12.2. The van der Waals surface area contributed by atoms with Crippen molar-refractivity contribution in [3.63, 3.8) is 0 Å². The van der Waals surface area contributed by atoms with Crippen LogP contribution in [0.3, 0.4) is 0 Å². The molecule has 2 heterocycles. The molecule has 1 amide bonds. The molecule has 1 atom stereocenters. The zero-order valence-electron chi connectivity index (χ0n) is 17.0. The van der Waals surface area contributed by atoms with Gasteiger partial charge in [0.2, 0.25) is 5.95 Å². The summed E-state index contributed by atoms with van der Waals surface area (Å²) in [5.74, 6) is 2.84. The van der Waals surface area contributed by atoms with Crippen molar-refractivity contribution >= 4 is 17.9 Å². The van der Waals surface area contributed by atoms with Crippen LogP contribution in [0.4, 0.5) is 16.6 Å². The van der Waals surface area contributed by atoms with E-state index in [9.17, 15) is 4.79 Å². The summed E-state index contributed by atoms with van der Waals surface area (Å²) in [6, 6.07) is 19.2. The summed E-state index contributed by atoms with van der Waals surface area (Å²) in [6.07, 6.45) is 1.28. The van der Waals surface area contributed by atoms with Crippen LogP contribution < -0.4 is 15.0 Å². The molecule has 1 aliphatic rings. The predicted octanol–water partition coefficient (Wildman–Crippen LogP) is 4.86. The Morgan fingerprint density at radius 1 is 1.10 bits per heavy atom. The van der Waals surface area contributed by atoms with E-state index in [1.165, 1.54) is 0 Å². The molecule has 2 aromatic carbocycles. The zero-order chi connectivity index (χ0) is 20.9. The molecule has 0 unspecified atom stereocenters. The fourth-order valence-electron chi connectivity index (χ4n) is 3.24. The first kappa shape index (κ1) is 19.7. The number of para-hydroxylation sites is 1. The fourth-order valence-corrected chi connectivity index (χ4v) is 3.24. The van der Waals surface area contributed by atoms with E-state index in [0.717, 1.165) is 17.1 Å². The number of nitrogens with zero attached hydrogens (tertiary/aromatic N) is 3. The molecule has 30 heavy (non-hydrogen) atoms. The number of amides is 1. The normalized spacial score (nSPS) is 15.9. The summed E-state index contributed by atoms with van der Waals surface area (Å²) in [7, 11) is 0. The fraction of sp³-hybridized carbons (Fsp3) is 0.261. The molecular weight excluding hydrogens is 380 g/mol. The average Bonchev–Trinajstić information content (AvgIpc) is 3.16. The van der Waals surface area contributed by atoms with E-state index in [1.807, 2.05) is 54.6 Å². The second-order valence-corrected chi connectivity index (χ2v) is 7.41. The van der Waals surface area contributed by atoms with E-state index in [1.54, 1.807) is 17.2 Å². The number of carbonyl (C=O) groups is 1. The standard InChI is InChI=1S/C23H24N4O3/c1-16(2)20-15-29-23(28)27(20)21-12-13-24-22(26-21)25-14-17-8-10-19(11-9-17)30-18-6-4-3-5-7-18/h3-13,16,20H,14-15H2,1-2H3,(H,24,25,26)/t20-/m1/s1. The molecule has 0 saturated carbocycles. The Labute approximate surface area is 175 Å². The van der Waals surface area contributed by atoms with Gasteiger partial charge in [-0.2, -0.15) is 4.98 Å². The molecule has 1 aliphatic heterocycles. The van der Waals surface area contributed by atoms with E-state index in [2.05, 4.69) is 29.1 Å². The monoisotopic (exact) mass is 404 g/mol. The molecular formula is C23H24N4O3. The van der Waals surface area contributed by atoms with E-state index in [-0.39, 0.29) is 18.1 Å². The Hall–Kier alpha value is -3.61. The molecule has 7 nitrogen and oxygen atoms in total. The van der Waals surface area contributed by atoms with Gasteiger partial charge in [-0.3, -0.25) is 4.90 Å². The molecule has 3 aromatic rings. The SMILES string of the molecule is CC(C)[C@H]1COC(=O)N1c1ccnc(NCc2ccc(Oc3ccccc3)cc2)n1. The molecule has 1 N–H and O–H groups in total. The van der Waals surface area contributed by atoms with Crippen molar-refractivity contribution in [1.29, 1.82) is 0 Å². The Kier molecular flexibility index (Phi) is 5.79. The van der Waals surface area contributed by atoms with Gasteiger partial charge in [-0.25, -0.2) is 9.78 Å². The zero-order valence-corrected chi connectivity index (χ0v) is 17.0.